The second-order valence-electron chi connectivity index (χ2n) is 11.0. The second-order valence-corrected chi connectivity index (χ2v) is 11.0. The fourth-order valence-corrected chi connectivity index (χ4v) is 5.94. The van der Waals surface area contributed by atoms with Crippen molar-refractivity contribution in [3.05, 3.63) is 40.3 Å². The van der Waals surface area contributed by atoms with Crippen LogP contribution in [-0.4, -0.2) is 77.1 Å². The molecule has 9 nitrogen and oxygen atoms in total. The molecule has 2 aromatic heterocycles. The van der Waals surface area contributed by atoms with E-state index in [0.717, 1.165) is 99.5 Å². The van der Waals surface area contributed by atoms with Gasteiger partial charge in [0.05, 0.1) is 0 Å². The minimum absolute atomic E-state index is 0.00864. The molecule has 3 heterocycles. The molecule has 1 aliphatic heterocycles. The highest BCUT2D eigenvalue weighted by Gasteiger charge is 2.29. The first-order chi connectivity index (χ1) is 18.5. The van der Waals surface area contributed by atoms with Gasteiger partial charge in [0.1, 0.15) is 5.65 Å². The SMILES string of the molecule is CCCCNc1ncc2c3ccc(CN4CCN(C)CC4)cc3c(=O)n(C3CCC(C(=O)NC)CC3)c2n1. The van der Waals surface area contributed by atoms with Gasteiger partial charge in [-0.15, -0.1) is 0 Å². The fraction of sp³-hybridized carbons (Fsp3) is 0.586. The highest BCUT2D eigenvalue weighted by atomic mass is 16.1. The zero-order valence-electron chi connectivity index (χ0n) is 23.0. The number of fused-ring (bicyclic) bond motifs is 3. The van der Waals surface area contributed by atoms with E-state index in [9.17, 15) is 9.59 Å². The van der Waals surface area contributed by atoms with Gasteiger partial charge < -0.3 is 15.5 Å². The minimum atomic E-state index is 0.00864. The van der Waals surface area contributed by atoms with E-state index in [2.05, 4.69) is 57.6 Å². The molecule has 204 valence electrons. The van der Waals surface area contributed by atoms with Crippen molar-refractivity contribution < 1.29 is 4.79 Å². The highest BCUT2D eigenvalue weighted by Crippen LogP contribution is 2.34. The number of aromatic nitrogens is 3. The summed E-state index contributed by atoms with van der Waals surface area (Å²) in [5, 5.41) is 8.65. The summed E-state index contributed by atoms with van der Waals surface area (Å²) in [4.78, 5) is 40.7. The van der Waals surface area contributed by atoms with E-state index in [-0.39, 0.29) is 23.4 Å². The first-order valence-electron chi connectivity index (χ1n) is 14.2. The van der Waals surface area contributed by atoms with Gasteiger partial charge in [0.2, 0.25) is 11.9 Å². The number of piperazine rings is 1. The Hall–Kier alpha value is -3.04. The van der Waals surface area contributed by atoms with E-state index in [1.807, 2.05) is 10.8 Å². The molecular formula is C29H41N7O2. The average Bonchev–Trinajstić information content (AvgIpc) is 2.94. The summed E-state index contributed by atoms with van der Waals surface area (Å²) in [6.07, 6.45) is 7.08. The standard InChI is InChI=1S/C29H41N7O2/c1-4-5-12-31-29-32-18-25-23-11-6-20(19-35-15-13-34(3)14-16-35)17-24(23)28(38)36(26(25)33-29)22-9-7-21(8-10-22)27(37)30-2/h6,11,17-18,21-22H,4-5,7-10,12-16,19H2,1-3H3,(H,30,37)(H,31,32,33). The highest BCUT2D eigenvalue weighted by molar-refractivity contribution is 6.04. The zero-order valence-corrected chi connectivity index (χ0v) is 23.0. The number of unbranched alkanes of at least 4 members (excludes halogenated alkanes) is 1. The topological polar surface area (TPSA) is 95.4 Å². The Morgan fingerprint density at radius 2 is 1.82 bits per heavy atom. The molecule has 1 aliphatic carbocycles. The lowest BCUT2D eigenvalue weighted by Crippen LogP contribution is -2.43. The third kappa shape index (κ3) is 5.54. The maximum absolute atomic E-state index is 14.2. The minimum Gasteiger partial charge on any atom is -0.359 e. The number of hydrogen-bond donors (Lipinski definition) is 2. The predicted molar refractivity (Wildman–Crippen MR) is 153 cm³/mol. The van der Waals surface area contributed by atoms with Crippen LogP contribution in [0.2, 0.25) is 0 Å². The summed E-state index contributed by atoms with van der Waals surface area (Å²) in [6.45, 7) is 7.99. The van der Waals surface area contributed by atoms with Crippen LogP contribution < -0.4 is 16.2 Å². The Morgan fingerprint density at radius 1 is 1.05 bits per heavy atom. The maximum Gasteiger partial charge on any atom is 0.260 e. The molecule has 9 heteroatoms. The lowest BCUT2D eigenvalue weighted by Gasteiger charge is -2.32. The number of carbonyl (C=O) groups excluding carboxylic acids is 1. The zero-order chi connectivity index (χ0) is 26.6. The van der Waals surface area contributed by atoms with E-state index in [0.29, 0.717) is 11.6 Å². The Balaban J connectivity index is 1.54. The van der Waals surface area contributed by atoms with Gasteiger partial charge in [0, 0.05) is 75.2 Å². The Morgan fingerprint density at radius 3 is 2.53 bits per heavy atom. The summed E-state index contributed by atoms with van der Waals surface area (Å²) < 4.78 is 1.91. The molecule has 1 amide bonds. The maximum atomic E-state index is 14.2. The van der Waals surface area contributed by atoms with Gasteiger partial charge in [-0.05, 0) is 56.2 Å². The summed E-state index contributed by atoms with van der Waals surface area (Å²) in [6, 6.07) is 6.31. The van der Waals surface area contributed by atoms with Crippen LogP contribution in [0.5, 0.6) is 0 Å². The van der Waals surface area contributed by atoms with Crippen molar-refractivity contribution in [2.75, 3.05) is 52.1 Å². The van der Waals surface area contributed by atoms with E-state index in [4.69, 9.17) is 4.98 Å². The van der Waals surface area contributed by atoms with Crippen molar-refractivity contribution in [3.8, 4) is 0 Å². The molecule has 2 fully saturated rings. The normalized spacial score (nSPS) is 21.1. The predicted octanol–water partition coefficient (Wildman–Crippen LogP) is 3.38. The van der Waals surface area contributed by atoms with Crippen molar-refractivity contribution >= 4 is 33.7 Å². The fourth-order valence-electron chi connectivity index (χ4n) is 5.94. The average molecular weight is 520 g/mol. The number of anilines is 1. The van der Waals surface area contributed by atoms with Crippen LogP contribution in [0.15, 0.2) is 29.2 Å². The van der Waals surface area contributed by atoms with Crippen LogP contribution in [0.1, 0.15) is 57.1 Å². The number of rotatable bonds is 8. The van der Waals surface area contributed by atoms with Crippen LogP contribution in [0.25, 0.3) is 21.8 Å². The number of nitrogens with zero attached hydrogens (tertiary/aromatic N) is 5. The molecule has 1 saturated carbocycles. The van der Waals surface area contributed by atoms with E-state index in [1.165, 1.54) is 0 Å². The van der Waals surface area contributed by atoms with Gasteiger partial charge in [-0.2, -0.15) is 4.98 Å². The van der Waals surface area contributed by atoms with E-state index >= 15 is 0 Å². The lowest BCUT2D eigenvalue weighted by molar-refractivity contribution is -0.125. The number of amides is 1. The smallest absolute Gasteiger partial charge is 0.260 e. The Bertz CT molecular complexity index is 1340. The van der Waals surface area contributed by atoms with Gasteiger partial charge in [0.15, 0.2) is 0 Å². The number of carbonyl (C=O) groups is 1. The summed E-state index contributed by atoms with van der Waals surface area (Å²) >= 11 is 0. The molecule has 1 aromatic carbocycles. The second kappa shape index (κ2) is 11.8. The van der Waals surface area contributed by atoms with Crippen LogP contribution in [0.3, 0.4) is 0 Å². The van der Waals surface area contributed by atoms with Crippen molar-refractivity contribution in [2.45, 2.75) is 58.0 Å². The van der Waals surface area contributed by atoms with Crippen LogP contribution in [-0.2, 0) is 11.3 Å². The Labute approximate surface area is 224 Å². The number of nitrogens with one attached hydrogen (secondary N) is 2. The molecule has 0 bridgehead atoms. The van der Waals surface area contributed by atoms with Crippen LogP contribution in [0, 0.1) is 5.92 Å². The summed E-state index contributed by atoms with van der Waals surface area (Å²) in [5.41, 5.74) is 1.85. The van der Waals surface area contributed by atoms with Gasteiger partial charge in [-0.25, -0.2) is 4.98 Å². The first kappa shape index (κ1) is 26.6. The van der Waals surface area contributed by atoms with Crippen molar-refractivity contribution in [1.29, 1.82) is 0 Å². The van der Waals surface area contributed by atoms with Crippen molar-refractivity contribution in [1.82, 2.24) is 29.7 Å². The molecule has 5 rings (SSSR count). The molecule has 2 N–H and O–H groups in total. The number of pyridine rings is 1. The van der Waals surface area contributed by atoms with Gasteiger partial charge in [0.25, 0.3) is 5.56 Å². The lowest BCUT2D eigenvalue weighted by atomic mass is 9.85. The van der Waals surface area contributed by atoms with Crippen LogP contribution >= 0.6 is 0 Å². The third-order valence-corrected chi connectivity index (χ3v) is 8.31. The molecule has 2 aliphatic rings. The molecule has 0 atom stereocenters. The Kier molecular flexibility index (Phi) is 8.24. The summed E-state index contributed by atoms with van der Waals surface area (Å²) in [5.74, 6) is 0.663. The molecule has 1 saturated heterocycles. The monoisotopic (exact) mass is 519 g/mol. The van der Waals surface area contributed by atoms with Gasteiger partial charge in [-0.3, -0.25) is 19.1 Å². The molecule has 3 aromatic rings. The van der Waals surface area contributed by atoms with E-state index < -0.39 is 0 Å². The number of hydrogen-bond acceptors (Lipinski definition) is 7. The van der Waals surface area contributed by atoms with Crippen molar-refractivity contribution in [3.63, 3.8) is 0 Å². The molecule has 0 spiro atoms. The third-order valence-electron chi connectivity index (χ3n) is 8.31. The first-order valence-corrected chi connectivity index (χ1v) is 14.2. The molecule has 38 heavy (non-hydrogen) atoms. The molecule has 0 radical (unpaired) electrons. The van der Waals surface area contributed by atoms with Crippen LogP contribution in [0.4, 0.5) is 5.95 Å². The molecule has 0 unspecified atom stereocenters. The van der Waals surface area contributed by atoms with E-state index in [1.54, 1.807) is 7.05 Å². The largest absolute Gasteiger partial charge is 0.359 e. The number of benzene rings is 1. The quantitative estimate of drug-likeness (QED) is 0.348. The number of likely N-dealkylation sites (N-methyl/N-ethyl adjacent to an activating group) is 1. The van der Waals surface area contributed by atoms with Crippen molar-refractivity contribution in [2.24, 2.45) is 5.92 Å². The molecular weight excluding hydrogens is 478 g/mol. The van der Waals surface area contributed by atoms with Gasteiger partial charge in [-0.1, -0.05) is 25.5 Å². The summed E-state index contributed by atoms with van der Waals surface area (Å²) in [7, 11) is 3.86. The van der Waals surface area contributed by atoms with Gasteiger partial charge >= 0.3 is 0 Å².